The number of nitrogen functional groups attached to an aromatic ring is 1. The Kier molecular flexibility index (Phi) is 3.62. The van der Waals surface area contributed by atoms with Crippen LogP contribution in [0.5, 0.6) is 0 Å². The van der Waals surface area contributed by atoms with E-state index in [9.17, 15) is 4.79 Å². The zero-order valence-corrected chi connectivity index (χ0v) is 10.3. The first-order chi connectivity index (χ1) is 8.70. The number of nitrogens with two attached hydrogens (primary N) is 1. The number of amides is 1. The lowest BCUT2D eigenvalue weighted by atomic mass is 10.3. The molecule has 2 aromatic rings. The van der Waals surface area contributed by atoms with Crippen molar-refractivity contribution >= 4 is 11.6 Å². The number of rotatable bonds is 4. The van der Waals surface area contributed by atoms with Crippen LogP contribution in [0.1, 0.15) is 23.1 Å². The molecule has 94 valence electrons. The number of aryl methyl sites for hydroxylation is 1. The predicted molar refractivity (Wildman–Crippen MR) is 69.9 cm³/mol. The number of nitrogens with zero attached hydrogens (tertiary/aromatic N) is 2. The number of nitrogens with one attached hydrogen (secondary N) is 1. The summed E-state index contributed by atoms with van der Waals surface area (Å²) >= 11 is 0. The molecule has 2 rings (SSSR count). The van der Waals surface area contributed by atoms with Crippen LogP contribution < -0.4 is 11.1 Å². The van der Waals surface area contributed by atoms with Crippen LogP contribution in [0.3, 0.4) is 0 Å². The minimum absolute atomic E-state index is 0.140. The van der Waals surface area contributed by atoms with Gasteiger partial charge in [-0.2, -0.15) is 0 Å². The first-order valence-electron chi connectivity index (χ1n) is 5.84. The maximum absolute atomic E-state index is 12.0. The summed E-state index contributed by atoms with van der Waals surface area (Å²) in [6, 6.07) is 7.28. The van der Waals surface area contributed by atoms with Gasteiger partial charge in [-0.05, 0) is 25.1 Å². The number of carbonyl (C=O) groups excluding carboxylic acids is 1. The van der Waals surface area contributed by atoms with E-state index < -0.39 is 0 Å². The second-order valence-corrected chi connectivity index (χ2v) is 3.95. The van der Waals surface area contributed by atoms with Gasteiger partial charge in [-0.25, -0.2) is 0 Å². The lowest BCUT2D eigenvalue weighted by Crippen LogP contribution is -2.25. The molecule has 0 aliphatic carbocycles. The van der Waals surface area contributed by atoms with Crippen molar-refractivity contribution in [2.24, 2.45) is 0 Å². The van der Waals surface area contributed by atoms with E-state index in [1.807, 2.05) is 29.7 Å². The molecule has 0 bridgehead atoms. The van der Waals surface area contributed by atoms with Gasteiger partial charge in [-0.3, -0.25) is 9.78 Å². The summed E-state index contributed by atoms with van der Waals surface area (Å²) in [5.41, 5.74) is 7.69. The van der Waals surface area contributed by atoms with E-state index in [0.717, 1.165) is 5.69 Å². The minimum Gasteiger partial charge on any atom is -0.397 e. The van der Waals surface area contributed by atoms with Crippen LogP contribution in [0, 0.1) is 0 Å². The molecular formula is C13H16N4O. The SMILES string of the molecule is CCn1cc(N)cc1C(=O)NCc1ccccn1. The zero-order chi connectivity index (χ0) is 13.0. The summed E-state index contributed by atoms with van der Waals surface area (Å²) in [4.78, 5) is 16.1. The molecule has 0 aliphatic rings. The Labute approximate surface area is 106 Å². The summed E-state index contributed by atoms with van der Waals surface area (Å²) in [5.74, 6) is -0.140. The van der Waals surface area contributed by atoms with Crippen LogP contribution >= 0.6 is 0 Å². The Morgan fingerprint density at radius 2 is 2.33 bits per heavy atom. The number of anilines is 1. The summed E-state index contributed by atoms with van der Waals surface area (Å²) in [6.45, 7) is 3.09. The maximum Gasteiger partial charge on any atom is 0.268 e. The Bertz CT molecular complexity index is 533. The van der Waals surface area contributed by atoms with Gasteiger partial charge in [0.15, 0.2) is 0 Å². The molecule has 3 N–H and O–H groups in total. The van der Waals surface area contributed by atoms with E-state index in [0.29, 0.717) is 24.5 Å². The summed E-state index contributed by atoms with van der Waals surface area (Å²) in [6.07, 6.45) is 3.46. The predicted octanol–water partition coefficient (Wildman–Crippen LogP) is 1.42. The largest absolute Gasteiger partial charge is 0.397 e. The summed E-state index contributed by atoms with van der Waals surface area (Å²) in [5, 5.41) is 2.83. The van der Waals surface area contributed by atoms with E-state index in [1.165, 1.54) is 0 Å². The van der Waals surface area contributed by atoms with Crippen molar-refractivity contribution in [2.75, 3.05) is 5.73 Å². The molecule has 18 heavy (non-hydrogen) atoms. The quantitative estimate of drug-likeness (QED) is 0.854. The summed E-state index contributed by atoms with van der Waals surface area (Å²) < 4.78 is 1.82. The minimum atomic E-state index is -0.140. The van der Waals surface area contributed by atoms with Gasteiger partial charge in [0, 0.05) is 18.9 Å². The molecule has 5 heteroatoms. The molecule has 0 fully saturated rings. The Morgan fingerprint density at radius 1 is 1.50 bits per heavy atom. The Balaban J connectivity index is 2.04. The average molecular weight is 244 g/mol. The number of hydrogen-bond acceptors (Lipinski definition) is 3. The van der Waals surface area contributed by atoms with E-state index in [-0.39, 0.29) is 5.91 Å². The van der Waals surface area contributed by atoms with Crippen LogP contribution in [-0.2, 0) is 13.1 Å². The smallest absolute Gasteiger partial charge is 0.268 e. The molecule has 0 saturated heterocycles. The topological polar surface area (TPSA) is 72.9 Å². The van der Waals surface area contributed by atoms with Crippen molar-refractivity contribution in [3.63, 3.8) is 0 Å². The van der Waals surface area contributed by atoms with Gasteiger partial charge in [0.1, 0.15) is 5.69 Å². The molecular weight excluding hydrogens is 228 g/mol. The second-order valence-electron chi connectivity index (χ2n) is 3.95. The van der Waals surface area contributed by atoms with Crippen LogP contribution in [0.4, 0.5) is 5.69 Å². The Morgan fingerprint density at radius 3 is 3.00 bits per heavy atom. The highest BCUT2D eigenvalue weighted by atomic mass is 16.1. The molecule has 0 unspecified atom stereocenters. The van der Waals surface area contributed by atoms with Crippen LogP contribution in [-0.4, -0.2) is 15.5 Å². The van der Waals surface area contributed by atoms with Gasteiger partial charge in [0.25, 0.3) is 5.91 Å². The fourth-order valence-electron chi connectivity index (χ4n) is 1.75. The third-order valence-corrected chi connectivity index (χ3v) is 2.65. The number of hydrogen-bond donors (Lipinski definition) is 2. The van der Waals surface area contributed by atoms with E-state index >= 15 is 0 Å². The average Bonchev–Trinajstić information content (AvgIpc) is 2.78. The number of aromatic nitrogens is 2. The highest BCUT2D eigenvalue weighted by Gasteiger charge is 2.11. The molecule has 1 amide bonds. The molecule has 0 aromatic carbocycles. The van der Waals surface area contributed by atoms with Gasteiger partial charge in [0.05, 0.1) is 17.9 Å². The lowest BCUT2D eigenvalue weighted by molar-refractivity contribution is 0.0941. The highest BCUT2D eigenvalue weighted by Crippen LogP contribution is 2.10. The number of carbonyl (C=O) groups is 1. The van der Waals surface area contributed by atoms with Crippen molar-refractivity contribution in [3.05, 3.63) is 48.0 Å². The first kappa shape index (κ1) is 12.2. The van der Waals surface area contributed by atoms with Crippen molar-refractivity contribution in [2.45, 2.75) is 20.0 Å². The first-order valence-corrected chi connectivity index (χ1v) is 5.84. The molecule has 5 nitrogen and oxygen atoms in total. The molecule has 0 spiro atoms. The van der Waals surface area contributed by atoms with E-state index in [4.69, 9.17) is 5.73 Å². The zero-order valence-electron chi connectivity index (χ0n) is 10.3. The Hall–Kier alpha value is -2.30. The molecule has 0 saturated carbocycles. The maximum atomic E-state index is 12.0. The normalized spacial score (nSPS) is 10.3. The third kappa shape index (κ3) is 2.68. The van der Waals surface area contributed by atoms with Crippen molar-refractivity contribution in [1.82, 2.24) is 14.9 Å². The van der Waals surface area contributed by atoms with Gasteiger partial charge in [-0.1, -0.05) is 6.07 Å². The van der Waals surface area contributed by atoms with Crippen LogP contribution in [0.2, 0.25) is 0 Å². The molecule has 0 atom stereocenters. The standard InChI is InChI=1S/C13H16N4O/c1-2-17-9-10(14)7-12(17)13(18)16-8-11-5-3-4-6-15-11/h3-7,9H,2,8,14H2,1H3,(H,16,18). The van der Waals surface area contributed by atoms with Crippen LogP contribution in [0.15, 0.2) is 36.7 Å². The molecule has 2 heterocycles. The fraction of sp³-hybridized carbons (Fsp3) is 0.231. The monoisotopic (exact) mass is 244 g/mol. The van der Waals surface area contributed by atoms with Crippen molar-refractivity contribution < 1.29 is 4.79 Å². The van der Waals surface area contributed by atoms with Crippen molar-refractivity contribution in [1.29, 1.82) is 0 Å². The third-order valence-electron chi connectivity index (χ3n) is 2.65. The molecule has 0 radical (unpaired) electrons. The van der Waals surface area contributed by atoms with Gasteiger partial charge < -0.3 is 15.6 Å². The molecule has 0 aliphatic heterocycles. The summed E-state index contributed by atoms with van der Waals surface area (Å²) in [7, 11) is 0. The van der Waals surface area contributed by atoms with Crippen LogP contribution in [0.25, 0.3) is 0 Å². The highest BCUT2D eigenvalue weighted by molar-refractivity contribution is 5.93. The van der Waals surface area contributed by atoms with E-state index in [2.05, 4.69) is 10.3 Å². The fourth-order valence-corrected chi connectivity index (χ4v) is 1.75. The number of pyridine rings is 1. The van der Waals surface area contributed by atoms with Crippen molar-refractivity contribution in [3.8, 4) is 0 Å². The van der Waals surface area contributed by atoms with E-state index in [1.54, 1.807) is 18.5 Å². The molecule has 2 aromatic heterocycles. The van der Waals surface area contributed by atoms with Gasteiger partial charge in [-0.15, -0.1) is 0 Å². The second kappa shape index (κ2) is 5.35. The lowest BCUT2D eigenvalue weighted by Gasteiger charge is -2.07. The van der Waals surface area contributed by atoms with Gasteiger partial charge in [0.2, 0.25) is 0 Å². The van der Waals surface area contributed by atoms with Gasteiger partial charge >= 0.3 is 0 Å².